The first-order valence-corrected chi connectivity index (χ1v) is 14.3. The predicted octanol–water partition coefficient (Wildman–Crippen LogP) is 6.55. The highest BCUT2D eigenvalue weighted by atomic mass is 79.9. The van der Waals surface area contributed by atoms with E-state index in [1.54, 1.807) is 0 Å². The summed E-state index contributed by atoms with van der Waals surface area (Å²) in [7, 11) is -3.67. The lowest BCUT2D eigenvalue weighted by molar-refractivity contribution is -0.926. The van der Waals surface area contributed by atoms with Crippen molar-refractivity contribution >= 4 is 26.0 Å². The highest BCUT2D eigenvalue weighted by molar-refractivity contribution is 9.12. The number of halogens is 1. The van der Waals surface area contributed by atoms with Gasteiger partial charge < -0.3 is 4.48 Å². The predicted molar refractivity (Wildman–Crippen MR) is 129 cm³/mol. The number of nitrogens with zero attached hydrogens (tertiary/aromatic N) is 1. The first kappa shape index (κ1) is 28.9. The lowest BCUT2D eigenvalue weighted by Gasteiger charge is -2.40. The molecule has 0 aliphatic carbocycles. The van der Waals surface area contributed by atoms with E-state index in [2.05, 4.69) is 33.6 Å². The molecule has 4 nitrogen and oxygen atoms in total. The number of rotatable bonds is 14. The fourth-order valence-electron chi connectivity index (χ4n) is 4.13. The van der Waals surface area contributed by atoms with E-state index in [-0.39, 0.29) is 0 Å². The molecule has 1 rings (SSSR count). The van der Waals surface area contributed by atoms with Gasteiger partial charge in [-0.05, 0) is 42.9 Å². The summed E-state index contributed by atoms with van der Waals surface area (Å²) >= 11 is 3.27. The summed E-state index contributed by atoms with van der Waals surface area (Å²) in [5, 5.41) is 0. The second-order valence-corrected chi connectivity index (χ2v) is 10.5. The van der Waals surface area contributed by atoms with Crippen LogP contribution in [0.5, 0.6) is 0 Å². The molecule has 0 spiro atoms. The maximum absolute atomic E-state index is 9.19. The van der Waals surface area contributed by atoms with Crippen LogP contribution >= 0.6 is 15.9 Å². The minimum Gasteiger partial charge on any atom is -0.313 e. The van der Waals surface area contributed by atoms with Crippen molar-refractivity contribution in [2.24, 2.45) is 0 Å². The molecule has 0 unspecified atom stereocenters. The van der Waals surface area contributed by atoms with Crippen LogP contribution in [0.4, 0.5) is 0 Å². The van der Waals surface area contributed by atoms with Crippen molar-refractivity contribution in [1.82, 2.24) is 0 Å². The smallest absolute Gasteiger partial charge is 0.261 e. The van der Waals surface area contributed by atoms with E-state index < -0.39 is 10.1 Å². The van der Waals surface area contributed by atoms with Crippen LogP contribution in [0.15, 0.2) is 0 Å². The third kappa shape index (κ3) is 20.9. The van der Waals surface area contributed by atoms with Gasteiger partial charge in [0, 0.05) is 15.9 Å². The SMILES string of the molecule is CCCCCCCCCCCCCC[N+]1(CC#CBr)CCCCC1.CS(=O)(=O)O. The van der Waals surface area contributed by atoms with E-state index in [0.717, 1.165) is 6.54 Å². The summed E-state index contributed by atoms with van der Waals surface area (Å²) in [5.74, 6) is 3.29. The normalized spacial score (nSPS) is 15.7. The molecule has 172 valence electrons. The third-order valence-corrected chi connectivity index (χ3v) is 6.01. The summed E-state index contributed by atoms with van der Waals surface area (Å²) in [6.45, 7) is 7.44. The van der Waals surface area contributed by atoms with Gasteiger partial charge in [0.15, 0.2) is 0 Å². The van der Waals surface area contributed by atoms with Gasteiger partial charge in [-0.15, -0.1) is 0 Å². The Labute approximate surface area is 189 Å². The Morgan fingerprint density at radius 2 is 1.24 bits per heavy atom. The number of unbranched alkanes of at least 4 members (excludes halogenated alkanes) is 11. The topological polar surface area (TPSA) is 54.4 Å². The molecule has 1 N–H and O–H groups in total. The molecule has 0 bridgehead atoms. The molecule has 1 aliphatic heterocycles. The second kappa shape index (κ2) is 18.7. The monoisotopic (exact) mass is 494 g/mol. The van der Waals surface area contributed by atoms with Crippen molar-refractivity contribution in [3.63, 3.8) is 0 Å². The summed E-state index contributed by atoms with van der Waals surface area (Å²) in [6, 6.07) is 0. The van der Waals surface area contributed by atoms with Crippen LogP contribution in [0.2, 0.25) is 0 Å². The van der Waals surface area contributed by atoms with Gasteiger partial charge in [-0.25, -0.2) is 0 Å². The molecule has 1 fully saturated rings. The summed E-state index contributed by atoms with van der Waals surface area (Å²) < 4.78 is 27.1. The standard InChI is InChI=1S/C22H41BrN.CH4O3S/c1-2-3-4-5-6-7-8-9-10-11-12-14-19-24(22-17-18-23)20-15-13-16-21-24;1-5(2,3)4/h2-16,19-22H2,1H3;1H3,(H,2,3,4)/q+1;. The maximum Gasteiger partial charge on any atom is 0.261 e. The minimum atomic E-state index is -3.67. The highest BCUT2D eigenvalue weighted by Crippen LogP contribution is 2.20. The Hall–Kier alpha value is -0.0900. The van der Waals surface area contributed by atoms with Crippen LogP contribution in [-0.4, -0.2) is 49.9 Å². The second-order valence-electron chi connectivity index (χ2n) is 8.62. The Bertz CT molecular complexity index is 526. The molecule has 1 heterocycles. The molecule has 0 aromatic carbocycles. The average Bonchev–Trinajstić information content (AvgIpc) is 2.67. The van der Waals surface area contributed by atoms with Crippen molar-refractivity contribution in [3.05, 3.63) is 0 Å². The van der Waals surface area contributed by atoms with Gasteiger partial charge in [0.2, 0.25) is 0 Å². The molecule has 0 amide bonds. The largest absolute Gasteiger partial charge is 0.313 e. The Balaban J connectivity index is 0.00000139. The lowest BCUT2D eigenvalue weighted by atomic mass is 10.0. The zero-order chi connectivity index (χ0) is 21.8. The number of hydrogen-bond donors (Lipinski definition) is 1. The molecule has 0 aromatic heterocycles. The summed E-state index contributed by atoms with van der Waals surface area (Å²) in [6.07, 6.45) is 22.3. The van der Waals surface area contributed by atoms with Crippen molar-refractivity contribution in [2.45, 2.75) is 103 Å². The average molecular weight is 496 g/mol. The molecule has 1 saturated heterocycles. The van der Waals surface area contributed by atoms with Crippen LogP contribution in [0.25, 0.3) is 0 Å². The van der Waals surface area contributed by atoms with Gasteiger partial charge in [0.25, 0.3) is 10.1 Å². The van der Waals surface area contributed by atoms with Gasteiger partial charge in [-0.3, -0.25) is 4.55 Å². The van der Waals surface area contributed by atoms with E-state index in [4.69, 9.17) is 4.55 Å². The van der Waals surface area contributed by atoms with Crippen LogP contribution in [0.1, 0.15) is 103 Å². The molecule has 29 heavy (non-hydrogen) atoms. The van der Waals surface area contributed by atoms with Crippen molar-refractivity contribution < 1.29 is 17.5 Å². The van der Waals surface area contributed by atoms with Gasteiger partial charge in [0.1, 0.15) is 6.54 Å². The summed E-state index contributed by atoms with van der Waals surface area (Å²) in [4.78, 5) is 2.93. The molecule has 0 saturated carbocycles. The first-order chi connectivity index (χ1) is 13.8. The molecule has 0 radical (unpaired) electrons. The third-order valence-electron chi connectivity index (χ3n) is 5.73. The van der Waals surface area contributed by atoms with Gasteiger partial charge in [0.05, 0.1) is 25.9 Å². The maximum atomic E-state index is 9.19. The molecular formula is C23H45BrNO3S+. The van der Waals surface area contributed by atoms with E-state index in [0.29, 0.717) is 6.26 Å². The first-order valence-electron chi connectivity index (χ1n) is 11.7. The molecule has 6 heteroatoms. The van der Waals surface area contributed by atoms with Crippen LogP contribution in [0, 0.1) is 10.8 Å². The Morgan fingerprint density at radius 1 is 0.828 bits per heavy atom. The van der Waals surface area contributed by atoms with E-state index in [1.165, 1.54) is 120 Å². The Kier molecular flexibility index (Phi) is 18.6. The van der Waals surface area contributed by atoms with Crippen molar-refractivity contribution in [3.8, 4) is 10.8 Å². The fourth-order valence-corrected chi connectivity index (χ4v) is 4.25. The van der Waals surface area contributed by atoms with Crippen LogP contribution in [0.3, 0.4) is 0 Å². The fraction of sp³-hybridized carbons (Fsp3) is 0.913. The lowest BCUT2D eigenvalue weighted by Crippen LogP contribution is -2.52. The Morgan fingerprint density at radius 3 is 1.66 bits per heavy atom. The van der Waals surface area contributed by atoms with E-state index in [1.807, 2.05) is 0 Å². The van der Waals surface area contributed by atoms with Crippen LogP contribution in [-0.2, 0) is 10.1 Å². The summed E-state index contributed by atoms with van der Waals surface area (Å²) in [5.41, 5.74) is 0. The molecule has 0 atom stereocenters. The van der Waals surface area contributed by atoms with Gasteiger partial charge >= 0.3 is 0 Å². The van der Waals surface area contributed by atoms with Crippen LogP contribution < -0.4 is 0 Å². The van der Waals surface area contributed by atoms with E-state index in [9.17, 15) is 8.42 Å². The molecule has 0 aromatic rings. The molecule has 1 aliphatic rings. The van der Waals surface area contributed by atoms with Crippen molar-refractivity contribution in [1.29, 1.82) is 0 Å². The zero-order valence-corrected chi connectivity index (χ0v) is 21.3. The minimum absolute atomic E-state index is 0.715. The number of likely N-dealkylation sites (tertiary alicyclic amines) is 1. The highest BCUT2D eigenvalue weighted by Gasteiger charge is 2.28. The van der Waals surface area contributed by atoms with Gasteiger partial charge in [-0.2, -0.15) is 8.42 Å². The number of hydrogen-bond acceptors (Lipinski definition) is 2. The molecular weight excluding hydrogens is 450 g/mol. The number of piperidine rings is 1. The van der Waals surface area contributed by atoms with Gasteiger partial charge in [-0.1, -0.05) is 71.1 Å². The van der Waals surface area contributed by atoms with E-state index >= 15 is 0 Å². The zero-order valence-electron chi connectivity index (χ0n) is 18.9. The quantitative estimate of drug-likeness (QED) is 0.129. The van der Waals surface area contributed by atoms with Crippen molar-refractivity contribution in [2.75, 3.05) is 32.4 Å². The number of quaternary nitrogens is 1.